The van der Waals surface area contributed by atoms with Crippen LogP contribution in [0.25, 0.3) is 10.8 Å². The third-order valence-corrected chi connectivity index (χ3v) is 6.43. The Labute approximate surface area is 203 Å². The molecule has 2 heterocycles. The number of hydrogen-bond donors (Lipinski definition) is 2. The van der Waals surface area contributed by atoms with Crippen molar-refractivity contribution in [3.05, 3.63) is 95.8 Å². The number of rotatable bonds is 5. The van der Waals surface area contributed by atoms with Crippen LogP contribution in [-0.4, -0.2) is 28.9 Å². The third-order valence-electron chi connectivity index (χ3n) is 6.43. The Hall–Kier alpha value is -4.39. The Bertz CT molecular complexity index is 1430. The first-order valence-corrected chi connectivity index (χ1v) is 11.6. The lowest BCUT2D eigenvalue weighted by atomic mass is 10.1. The molecule has 4 aromatic rings. The first kappa shape index (κ1) is 22.4. The third kappa shape index (κ3) is 4.40. The minimum Gasteiger partial charge on any atom is -0.326 e. The van der Waals surface area contributed by atoms with Crippen molar-refractivity contribution in [3.8, 4) is 0 Å². The van der Waals surface area contributed by atoms with Crippen molar-refractivity contribution < 1.29 is 14.4 Å². The van der Waals surface area contributed by atoms with Crippen molar-refractivity contribution in [2.45, 2.75) is 20.3 Å². The number of fused-ring (bicyclic) bond motifs is 1. The number of nitrogens with one attached hydrogen (secondary N) is 2. The molecular weight excluding hydrogens is 440 g/mol. The van der Waals surface area contributed by atoms with Crippen LogP contribution in [0.3, 0.4) is 0 Å². The number of benzene rings is 3. The molecule has 0 saturated carbocycles. The average Bonchev–Trinajstić information content (AvgIpc) is 3.41. The zero-order valence-corrected chi connectivity index (χ0v) is 19.6. The quantitative estimate of drug-likeness (QED) is 0.450. The molecule has 3 aromatic carbocycles. The van der Waals surface area contributed by atoms with Gasteiger partial charge in [-0.25, -0.2) is 0 Å². The molecule has 35 heavy (non-hydrogen) atoms. The Kier molecular flexibility index (Phi) is 5.82. The largest absolute Gasteiger partial charge is 0.326 e. The van der Waals surface area contributed by atoms with Gasteiger partial charge in [0.15, 0.2) is 0 Å². The first-order chi connectivity index (χ1) is 16.9. The second-order valence-electron chi connectivity index (χ2n) is 8.87. The van der Waals surface area contributed by atoms with Gasteiger partial charge < -0.3 is 10.2 Å². The van der Waals surface area contributed by atoms with Crippen LogP contribution in [-0.2, 0) is 9.59 Å². The molecule has 1 atom stereocenters. The molecule has 7 nitrogen and oxygen atoms in total. The van der Waals surface area contributed by atoms with Crippen LogP contribution in [0.2, 0.25) is 0 Å². The minimum atomic E-state index is -0.482. The van der Waals surface area contributed by atoms with Crippen molar-refractivity contribution in [2.75, 3.05) is 22.2 Å². The van der Waals surface area contributed by atoms with Crippen molar-refractivity contribution >= 4 is 39.9 Å². The van der Waals surface area contributed by atoms with Crippen LogP contribution >= 0.6 is 0 Å². The number of hydrogen-bond acceptors (Lipinski definition) is 3. The molecule has 2 N–H and O–H groups in total. The van der Waals surface area contributed by atoms with E-state index in [-0.39, 0.29) is 24.1 Å². The normalized spacial score (nSPS) is 15.4. The van der Waals surface area contributed by atoms with Gasteiger partial charge in [-0.1, -0.05) is 42.5 Å². The van der Waals surface area contributed by atoms with Gasteiger partial charge in [0.25, 0.3) is 5.91 Å². The van der Waals surface area contributed by atoms with E-state index < -0.39 is 5.92 Å². The summed E-state index contributed by atoms with van der Waals surface area (Å²) in [5, 5.41) is 4.92. The lowest BCUT2D eigenvalue weighted by Crippen LogP contribution is -2.28. The molecule has 0 aliphatic carbocycles. The Morgan fingerprint density at radius 2 is 1.60 bits per heavy atom. The van der Waals surface area contributed by atoms with Crippen LogP contribution in [0.5, 0.6) is 0 Å². The smallest absolute Gasteiger partial charge is 0.270 e. The molecule has 1 fully saturated rings. The number of carbonyl (C=O) groups is 3. The number of carbonyl (C=O) groups excluding carboxylic acids is 3. The first-order valence-electron chi connectivity index (χ1n) is 11.6. The number of anilines is 2. The maximum absolute atomic E-state index is 13.0. The van der Waals surface area contributed by atoms with E-state index in [4.69, 9.17) is 0 Å². The van der Waals surface area contributed by atoms with E-state index in [2.05, 4.69) is 10.7 Å². The summed E-state index contributed by atoms with van der Waals surface area (Å²) in [6, 6.07) is 24.4. The van der Waals surface area contributed by atoms with Gasteiger partial charge in [-0.15, -0.1) is 0 Å². The Morgan fingerprint density at radius 1 is 0.886 bits per heavy atom. The SMILES string of the molecule is Cc1ccc(C)n1NC(=O)c1cccc(NC(=O)[C@H]2CC(=O)N(c3cccc4ccccc34)C2)c1. The van der Waals surface area contributed by atoms with E-state index in [0.717, 1.165) is 27.8 Å². The highest BCUT2D eigenvalue weighted by Crippen LogP contribution is 2.32. The van der Waals surface area contributed by atoms with Gasteiger partial charge in [0.1, 0.15) is 0 Å². The van der Waals surface area contributed by atoms with E-state index in [1.165, 1.54) is 0 Å². The van der Waals surface area contributed by atoms with Gasteiger partial charge in [0, 0.05) is 41.0 Å². The predicted molar refractivity (Wildman–Crippen MR) is 137 cm³/mol. The highest BCUT2D eigenvalue weighted by molar-refractivity contribution is 6.08. The lowest BCUT2D eigenvalue weighted by Gasteiger charge is -2.19. The summed E-state index contributed by atoms with van der Waals surface area (Å²) in [7, 11) is 0. The molecule has 3 amide bonds. The van der Waals surface area contributed by atoms with Crippen molar-refractivity contribution in [1.29, 1.82) is 0 Å². The molecule has 7 heteroatoms. The second kappa shape index (κ2) is 9.10. The maximum atomic E-state index is 13.0. The molecule has 5 rings (SSSR count). The molecule has 1 saturated heterocycles. The summed E-state index contributed by atoms with van der Waals surface area (Å²) in [5.74, 6) is -1.08. The molecule has 1 aliphatic rings. The molecule has 0 radical (unpaired) electrons. The Morgan fingerprint density at radius 3 is 2.40 bits per heavy atom. The lowest BCUT2D eigenvalue weighted by molar-refractivity contribution is -0.122. The molecule has 1 aromatic heterocycles. The summed E-state index contributed by atoms with van der Waals surface area (Å²) in [5.41, 5.74) is 6.46. The molecule has 0 bridgehead atoms. The number of nitrogens with zero attached hydrogens (tertiary/aromatic N) is 2. The van der Waals surface area contributed by atoms with Gasteiger partial charge in [-0.2, -0.15) is 0 Å². The number of aryl methyl sites for hydroxylation is 2. The van der Waals surface area contributed by atoms with Gasteiger partial charge in [-0.05, 0) is 55.6 Å². The maximum Gasteiger partial charge on any atom is 0.270 e. The van der Waals surface area contributed by atoms with E-state index in [0.29, 0.717) is 17.8 Å². The predicted octanol–water partition coefficient (Wildman–Crippen LogP) is 4.63. The fraction of sp³-hybridized carbons (Fsp3) is 0.179. The van der Waals surface area contributed by atoms with E-state index >= 15 is 0 Å². The standard InChI is InChI=1S/C28H26N4O3/c1-18-13-14-19(2)32(18)30-28(35)21-9-5-10-23(15-21)29-27(34)22-16-26(33)31(17-22)25-12-6-8-20-7-3-4-11-24(20)25/h3-15,22H,16-17H2,1-2H3,(H,29,34)(H,30,35)/t22-/m0/s1. The molecule has 1 aliphatic heterocycles. The zero-order valence-electron chi connectivity index (χ0n) is 19.6. The van der Waals surface area contributed by atoms with Crippen LogP contribution < -0.4 is 15.6 Å². The molecular formula is C28H26N4O3. The van der Waals surface area contributed by atoms with Gasteiger partial charge in [-0.3, -0.25) is 24.5 Å². The van der Waals surface area contributed by atoms with Crippen molar-refractivity contribution in [1.82, 2.24) is 4.68 Å². The summed E-state index contributed by atoms with van der Waals surface area (Å²) in [4.78, 5) is 40.3. The second-order valence-corrected chi connectivity index (χ2v) is 8.87. The fourth-order valence-electron chi connectivity index (χ4n) is 4.55. The van der Waals surface area contributed by atoms with E-state index in [1.54, 1.807) is 33.8 Å². The van der Waals surface area contributed by atoms with Crippen molar-refractivity contribution in [2.24, 2.45) is 5.92 Å². The van der Waals surface area contributed by atoms with Crippen LogP contribution in [0.4, 0.5) is 11.4 Å². The minimum absolute atomic E-state index is 0.0768. The monoisotopic (exact) mass is 466 g/mol. The summed E-state index contributed by atoms with van der Waals surface area (Å²) < 4.78 is 1.72. The highest BCUT2D eigenvalue weighted by Gasteiger charge is 2.35. The van der Waals surface area contributed by atoms with E-state index in [9.17, 15) is 14.4 Å². The molecule has 176 valence electrons. The average molecular weight is 467 g/mol. The summed E-state index contributed by atoms with van der Waals surface area (Å²) >= 11 is 0. The number of aromatic nitrogens is 1. The van der Waals surface area contributed by atoms with Gasteiger partial charge in [0.2, 0.25) is 11.8 Å². The van der Waals surface area contributed by atoms with Crippen LogP contribution in [0, 0.1) is 19.8 Å². The van der Waals surface area contributed by atoms with Crippen molar-refractivity contribution in [3.63, 3.8) is 0 Å². The topological polar surface area (TPSA) is 83.4 Å². The van der Waals surface area contributed by atoms with Gasteiger partial charge >= 0.3 is 0 Å². The van der Waals surface area contributed by atoms with Crippen LogP contribution in [0.15, 0.2) is 78.9 Å². The van der Waals surface area contributed by atoms with Gasteiger partial charge in [0.05, 0.1) is 11.6 Å². The molecule has 0 unspecified atom stereocenters. The van der Waals surface area contributed by atoms with Crippen LogP contribution in [0.1, 0.15) is 28.2 Å². The Balaban J connectivity index is 1.29. The molecule has 0 spiro atoms. The summed E-state index contributed by atoms with van der Waals surface area (Å²) in [6.45, 7) is 4.13. The zero-order chi connectivity index (χ0) is 24.5. The summed E-state index contributed by atoms with van der Waals surface area (Å²) in [6.07, 6.45) is 0.140. The fourth-order valence-corrected chi connectivity index (χ4v) is 4.55. The van der Waals surface area contributed by atoms with E-state index in [1.807, 2.05) is 68.4 Å². The number of amides is 3. The highest BCUT2D eigenvalue weighted by atomic mass is 16.2.